The lowest BCUT2D eigenvalue weighted by Crippen LogP contribution is -2.42. The molecule has 0 saturated heterocycles. The first-order valence-corrected chi connectivity index (χ1v) is 9.36. The number of aryl methyl sites for hydroxylation is 2. The van der Waals surface area contributed by atoms with Crippen LogP contribution < -0.4 is 10.6 Å². The van der Waals surface area contributed by atoms with Gasteiger partial charge in [-0.05, 0) is 37.8 Å². The Morgan fingerprint density at radius 3 is 2.67 bits per heavy atom. The highest BCUT2D eigenvalue weighted by atomic mass is 32.1. The average Bonchev–Trinajstić information content (AvgIpc) is 3.26. The Hall–Kier alpha value is -1.88. The van der Waals surface area contributed by atoms with Crippen molar-refractivity contribution in [3.63, 3.8) is 0 Å². The molecule has 1 fully saturated rings. The molecular weight excluding hydrogens is 316 g/mol. The molecule has 1 aromatic carbocycles. The number of hydrogen-bond donors (Lipinski definition) is 2. The molecule has 0 radical (unpaired) electrons. The number of thiazole rings is 1. The lowest BCUT2D eigenvalue weighted by molar-refractivity contribution is 0.642. The average molecular weight is 343 g/mol. The highest BCUT2D eigenvalue weighted by molar-refractivity contribution is 7.11. The summed E-state index contributed by atoms with van der Waals surface area (Å²) in [6.07, 6.45) is 5.37. The largest absolute Gasteiger partial charge is 0.356 e. The maximum absolute atomic E-state index is 4.40. The zero-order valence-electron chi connectivity index (χ0n) is 14.7. The Bertz CT molecular complexity index is 716. The fourth-order valence-corrected chi connectivity index (χ4v) is 3.93. The van der Waals surface area contributed by atoms with Gasteiger partial charge in [0.25, 0.3) is 0 Å². The van der Waals surface area contributed by atoms with E-state index in [1.807, 2.05) is 13.2 Å². The Balaban J connectivity index is 1.50. The van der Waals surface area contributed by atoms with Crippen molar-refractivity contribution < 1.29 is 0 Å². The van der Waals surface area contributed by atoms with Crippen LogP contribution in [-0.2, 0) is 11.8 Å². The molecule has 0 spiro atoms. The second-order valence-electron chi connectivity index (χ2n) is 6.56. The number of rotatable bonds is 6. The van der Waals surface area contributed by atoms with Gasteiger partial charge in [-0.15, -0.1) is 11.3 Å². The van der Waals surface area contributed by atoms with Crippen molar-refractivity contribution in [2.45, 2.75) is 38.5 Å². The van der Waals surface area contributed by atoms with E-state index in [9.17, 15) is 0 Å². The van der Waals surface area contributed by atoms with Crippen LogP contribution in [0.15, 0.2) is 35.5 Å². The number of aromatic nitrogens is 1. The molecule has 2 N–H and O–H groups in total. The second kappa shape index (κ2) is 7.34. The van der Waals surface area contributed by atoms with Crippen molar-refractivity contribution >= 4 is 17.3 Å². The zero-order valence-corrected chi connectivity index (χ0v) is 15.5. The molecule has 0 amide bonds. The van der Waals surface area contributed by atoms with E-state index < -0.39 is 0 Å². The summed E-state index contributed by atoms with van der Waals surface area (Å²) in [5.74, 6) is 0.878. The smallest absolute Gasteiger partial charge is 0.191 e. The first-order chi connectivity index (χ1) is 11.6. The minimum Gasteiger partial charge on any atom is -0.356 e. The van der Waals surface area contributed by atoms with Crippen molar-refractivity contribution in [2.24, 2.45) is 4.99 Å². The van der Waals surface area contributed by atoms with Crippen molar-refractivity contribution in [1.82, 2.24) is 15.6 Å². The van der Waals surface area contributed by atoms with Crippen molar-refractivity contribution in [1.29, 1.82) is 0 Å². The van der Waals surface area contributed by atoms with E-state index in [1.54, 1.807) is 11.3 Å². The number of aliphatic imine (C=N–C) groups is 1. The Morgan fingerprint density at radius 1 is 1.25 bits per heavy atom. The molecule has 4 nitrogen and oxygen atoms in total. The fourth-order valence-electron chi connectivity index (χ4n) is 3.14. The van der Waals surface area contributed by atoms with Gasteiger partial charge >= 0.3 is 0 Å². The lowest BCUT2D eigenvalue weighted by Gasteiger charge is -2.20. The molecule has 0 atom stereocenters. The van der Waals surface area contributed by atoms with Crippen LogP contribution in [0.1, 0.15) is 33.9 Å². The monoisotopic (exact) mass is 342 g/mol. The molecule has 0 aliphatic heterocycles. The van der Waals surface area contributed by atoms with Crippen molar-refractivity contribution in [3.8, 4) is 0 Å². The molecule has 1 aliphatic carbocycles. The molecule has 1 aliphatic rings. The number of hydrogen-bond acceptors (Lipinski definition) is 3. The molecule has 24 heavy (non-hydrogen) atoms. The maximum Gasteiger partial charge on any atom is 0.191 e. The van der Waals surface area contributed by atoms with Crippen LogP contribution in [0.5, 0.6) is 0 Å². The minimum atomic E-state index is 0.287. The van der Waals surface area contributed by atoms with Gasteiger partial charge in [-0.25, -0.2) is 4.98 Å². The summed E-state index contributed by atoms with van der Waals surface area (Å²) >= 11 is 1.76. The molecule has 1 heterocycles. The number of nitrogens with zero attached hydrogens (tertiary/aromatic N) is 2. The van der Waals surface area contributed by atoms with E-state index in [4.69, 9.17) is 0 Å². The highest BCUT2D eigenvalue weighted by Gasteiger charge is 2.44. The maximum atomic E-state index is 4.40. The van der Waals surface area contributed by atoms with E-state index in [0.717, 1.165) is 25.5 Å². The standard InChI is InChI=1S/C19H26N4S/c1-14-6-4-5-7-16(14)19(9-10-19)13-23-18(20-3)21-11-8-17-22-12-15(2)24-17/h4-7,12H,8-11,13H2,1-3H3,(H2,20,21,23). The second-order valence-corrected chi connectivity index (χ2v) is 7.88. The Morgan fingerprint density at radius 2 is 2.04 bits per heavy atom. The normalized spacial score (nSPS) is 16.0. The molecule has 0 unspecified atom stereocenters. The third-order valence-electron chi connectivity index (χ3n) is 4.69. The van der Waals surface area contributed by atoms with Gasteiger partial charge in [0.2, 0.25) is 0 Å². The Kier molecular flexibility index (Phi) is 5.19. The van der Waals surface area contributed by atoms with Crippen LogP contribution in [0, 0.1) is 13.8 Å². The third kappa shape index (κ3) is 3.96. The minimum absolute atomic E-state index is 0.287. The van der Waals surface area contributed by atoms with Crippen LogP contribution in [-0.4, -0.2) is 31.1 Å². The Labute approximate surface area is 148 Å². The van der Waals surface area contributed by atoms with Gasteiger partial charge < -0.3 is 10.6 Å². The van der Waals surface area contributed by atoms with Gasteiger partial charge in [-0.2, -0.15) is 0 Å². The van der Waals surface area contributed by atoms with Crippen molar-refractivity contribution in [3.05, 3.63) is 51.5 Å². The van der Waals surface area contributed by atoms with Crippen LogP contribution in [0.25, 0.3) is 0 Å². The summed E-state index contributed by atoms with van der Waals surface area (Å²) in [4.78, 5) is 10.0. The quantitative estimate of drug-likeness (QED) is 0.626. The fraction of sp³-hybridized carbons (Fsp3) is 0.474. The van der Waals surface area contributed by atoms with Crippen LogP contribution >= 0.6 is 11.3 Å². The van der Waals surface area contributed by atoms with Gasteiger partial charge in [0.05, 0.1) is 5.01 Å². The van der Waals surface area contributed by atoms with E-state index in [2.05, 4.69) is 58.7 Å². The first kappa shape index (κ1) is 17.0. The predicted octanol–water partition coefficient (Wildman–Crippen LogP) is 3.20. The zero-order chi connectivity index (χ0) is 17.0. The molecule has 1 saturated carbocycles. The van der Waals surface area contributed by atoms with E-state index >= 15 is 0 Å². The molecule has 0 bridgehead atoms. The summed E-state index contributed by atoms with van der Waals surface area (Å²) in [6, 6.07) is 8.73. The van der Waals surface area contributed by atoms with Gasteiger partial charge in [-0.1, -0.05) is 24.3 Å². The molecule has 2 aromatic rings. The third-order valence-corrected chi connectivity index (χ3v) is 5.66. The summed E-state index contributed by atoms with van der Waals surface area (Å²) in [7, 11) is 1.83. The summed E-state index contributed by atoms with van der Waals surface area (Å²) < 4.78 is 0. The molecule has 5 heteroatoms. The topological polar surface area (TPSA) is 49.3 Å². The molecular formula is C19H26N4S. The molecule has 3 rings (SSSR count). The van der Waals surface area contributed by atoms with Crippen LogP contribution in [0.3, 0.4) is 0 Å². The lowest BCUT2D eigenvalue weighted by atomic mass is 9.92. The van der Waals surface area contributed by atoms with Gasteiger partial charge in [0, 0.05) is 43.0 Å². The number of benzene rings is 1. The number of guanidine groups is 1. The van der Waals surface area contributed by atoms with Gasteiger partial charge in [0.1, 0.15) is 0 Å². The number of nitrogens with one attached hydrogen (secondary N) is 2. The highest BCUT2D eigenvalue weighted by Crippen LogP contribution is 2.48. The molecule has 128 valence electrons. The van der Waals surface area contributed by atoms with Crippen LogP contribution in [0.4, 0.5) is 0 Å². The molecule has 1 aromatic heterocycles. The van der Waals surface area contributed by atoms with E-state index in [0.29, 0.717) is 0 Å². The summed E-state index contributed by atoms with van der Waals surface area (Å²) in [5, 5.41) is 8.09. The van der Waals surface area contributed by atoms with Crippen LogP contribution in [0.2, 0.25) is 0 Å². The first-order valence-electron chi connectivity index (χ1n) is 8.55. The summed E-state index contributed by atoms with van der Waals surface area (Å²) in [5.41, 5.74) is 3.15. The summed E-state index contributed by atoms with van der Waals surface area (Å²) in [6.45, 7) is 6.09. The van der Waals surface area contributed by atoms with Crippen molar-refractivity contribution in [2.75, 3.05) is 20.1 Å². The predicted molar refractivity (Wildman–Crippen MR) is 102 cm³/mol. The van der Waals surface area contributed by atoms with Gasteiger partial charge in [0.15, 0.2) is 5.96 Å². The van der Waals surface area contributed by atoms with E-state index in [1.165, 1.54) is 33.9 Å². The SMILES string of the molecule is CN=C(NCCc1ncc(C)s1)NCC1(c2ccccc2C)CC1. The van der Waals surface area contributed by atoms with E-state index in [-0.39, 0.29) is 5.41 Å². The van der Waals surface area contributed by atoms with Gasteiger partial charge in [-0.3, -0.25) is 4.99 Å².